The fourth-order valence-corrected chi connectivity index (χ4v) is 1.05. The standard InChI is InChI=1S/C12H24O6/c1-3-14-8-9-16-6-5-7-17-12(13)18-11-10-15-4-2/h3-11H2,1-2H3. The largest absolute Gasteiger partial charge is 0.508 e. The van der Waals surface area contributed by atoms with Gasteiger partial charge in [0.1, 0.15) is 6.61 Å². The first-order valence-electron chi connectivity index (χ1n) is 6.34. The highest BCUT2D eigenvalue weighted by molar-refractivity contribution is 5.59. The molecule has 0 aromatic carbocycles. The lowest BCUT2D eigenvalue weighted by molar-refractivity contribution is 0.0187. The average Bonchev–Trinajstić information content (AvgIpc) is 2.38. The molecule has 0 heterocycles. The molecule has 6 heteroatoms. The molecule has 0 fully saturated rings. The minimum atomic E-state index is -0.663. The first-order valence-corrected chi connectivity index (χ1v) is 6.34. The van der Waals surface area contributed by atoms with E-state index >= 15 is 0 Å². The number of rotatable bonds is 12. The summed E-state index contributed by atoms with van der Waals surface area (Å²) in [6.07, 6.45) is -0.0174. The van der Waals surface area contributed by atoms with Crippen molar-refractivity contribution in [2.24, 2.45) is 0 Å². The van der Waals surface area contributed by atoms with Crippen LogP contribution in [0.5, 0.6) is 0 Å². The number of carbonyl (C=O) groups excluding carboxylic acids is 1. The zero-order valence-corrected chi connectivity index (χ0v) is 11.3. The smallest absolute Gasteiger partial charge is 0.434 e. The van der Waals surface area contributed by atoms with Crippen LogP contribution in [0.2, 0.25) is 0 Å². The van der Waals surface area contributed by atoms with Gasteiger partial charge >= 0.3 is 6.16 Å². The van der Waals surface area contributed by atoms with Gasteiger partial charge in [-0.15, -0.1) is 0 Å². The Morgan fingerprint density at radius 2 is 1.28 bits per heavy atom. The van der Waals surface area contributed by atoms with Crippen LogP contribution in [0.1, 0.15) is 20.3 Å². The lowest BCUT2D eigenvalue weighted by Crippen LogP contribution is -2.14. The molecule has 0 spiro atoms. The van der Waals surface area contributed by atoms with Gasteiger partial charge in [-0.1, -0.05) is 0 Å². The van der Waals surface area contributed by atoms with Crippen LogP contribution in [-0.4, -0.2) is 59.0 Å². The van der Waals surface area contributed by atoms with E-state index in [2.05, 4.69) is 0 Å². The molecule has 0 saturated carbocycles. The van der Waals surface area contributed by atoms with E-state index in [-0.39, 0.29) is 6.61 Å². The third kappa shape index (κ3) is 13.2. The van der Waals surface area contributed by atoms with Crippen molar-refractivity contribution in [1.29, 1.82) is 0 Å². The van der Waals surface area contributed by atoms with Crippen molar-refractivity contribution in [3.05, 3.63) is 0 Å². The Kier molecular flexibility index (Phi) is 13.5. The van der Waals surface area contributed by atoms with Crippen LogP contribution in [0.25, 0.3) is 0 Å². The summed E-state index contributed by atoms with van der Waals surface area (Å²) in [5, 5.41) is 0. The van der Waals surface area contributed by atoms with Crippen LogP contribution >= 0.6 is 0 Å². The first kappa shape index (κ1) is 17.2. The van der Waals surface area contributed by atoms with Gasteiger partial charge in [0.15, 0.2) is 0 Å². The summed E-state index contributed by atoms with van der Waals surface area (Å²) >= 11 is 0. The van der Waals surface area contributed by atoms with E-state index in [4.69, 9.17) is 23.7 Å². The van der Waals surface area contributed by atoms with Gasteiger partial charge in [-0.2, -0.15) is 0 Å². The van der Waals surface area contributed by atoms with Gasteiger partial charge < -0.3 is 23.7 Å². The number of hydrogen-bond donors (Lipinski definition) is 0. The second-order valence-electron chi connectivity index (χ2n) is 3.31. The van der Waals surface area contributed by atoms with Crippen molar-refractivity contribution in [1.82, 2.24) is 0 Å². The van der Waals surface area contributed by atoms with Gasteiger partial charge in [0.05, 0.1) is 26.4 Å². The van der Waals surface area contributed by atoms with E-state index in [1.165, 1.54) is 0 Å². The molecule has 0 aliphatic rings. The maximum absolute atomic E-state index is 11.0. The van der Waals surface area contributed by atoms with Gasteiger partial charge in [0.25, 0.3) is 0 Å². The van der Waals surface area contributed by atoms with E-state index in [0.29, 0.717) is 52.7 Å². The Morgan fingerprint density at radius 3 is 1.94 bits per heavy atom. The van der Waals surface area contributed by atoms with Crippen molar-refractivity contribution in [2.75, 3.05) is 52.9 Å². The fraction of sp³-hybridized carbons (Fsp3) is 0.917. The Hall–Kier alpha value is -0.850. The monoisotopic (exact) mass is 264 g/mol. The van der Waals surface area contributed by atoms with E-state index in [0.717, 1.165) is 0 Å². The minimum absolute atomic E-state index is 0.220. The van der Waals surface area contributed by atoms with Crippen LogP contribution in [0, 0.1) is 0 Å². The van der Waals surface area contributed by atoms with Crippen molar-refractivity contribution < 1.29 is 28.5 Å². The number of ether oxygens (including phenoxy) is 5. The minimum Gasteiger partial charge on any atom is -0.434 e. The molecule has 0 saturated heterocycles. The van der Waals surface area contributed by atoms with Crippen molar-refractivity contribution in [2.45, 2.75) is 20.3 Å². The maximum atomic E-state index is 11.0. The molecule has 0 radical (unpaired) electrons. The molecule has 0 amide bonds. The summed E-state index contributed by atoms with van der Waals surface area (Å²) in [6.45, 7) is 7.72. The summed E-state index contributed by atoms with van der Waals surface area (Å²) in [7, 11) is 0. The SMILES string of the molecule is CCOCCOCCCOC(=O)OCCOCC. The molecule has 0 atom stereocenters. The third-order valence-corrected chi connectivity index (χ3v) is 1.88. The quantitative estimate of drug-likeness (QED) is 0.394. The summed E-state index contributed by atoms with van der Waals surface area (Å²) in [5.74, 6) is 0. The molecular weight excluding hydrogens is 240 g/mol. The molecule has 0 bridgehead atoms. The summed E-state index contributed by atoms with van der Waals surface area (Å²) in [5.41, 5.74) is 0. The summed E-state index contributed by atoms with van der Waals surface area (Å²) < 4.78 is 24.9. The molecule has 108 valence electrons. The Bertz CT molecular complexity index is 185. The van der Waals surface area contributed by atoms with Gasteiger partial charge in [0, 0.05) is 26.2 Å². The van der Waals surface area contributed by atoms with Crippen LogP contribution in [0.15, 0.2) is 0 Å². The second kappa shape index (κ2) is 14.2. The van der Waals surface area contributed by atoms with Crippen LogP contribution in [-0.2, 0) is 23.7 Å². The van der Waals surface area contributed by atoms with Gasteiger partial charge in [-0.25, -0.2) is 4.79 Å². The predicted octanol–water partition coefficient (Wildman–Crippen LogP) is 1.62. The van der Waals surface area contributed by atoms with Crippen molar-refractivity contribution in [3.63, 3.8) is 0 Å². The molecule has 0 N–H and O–H groups in total. The summed E-state index contributed by atoms with van der Waals surface area (Å²) in [4.78, 5) is 11.0. The van der Waals surface area contributed by atoms with Gasteiger partial charge in [0.2, 0.25) is 0 Å². The number of carbonyl (C=O) groups is 1. The summed E-state index contributed by atoms with van der Waals surface area (Å²) in [6, 6.07) is 0. The topological polar surface area (TPSA) is 63.2 Å². The Balaban J connectivity index is 3.10. The molecule has 6 nitrogen and oxygen atoms in total. The maximum Gasteiger partial charge on any atom is 0.508 e. The molecule has 0 unspecified atom stereocenters. The third-order valence-electron chi connectivity index (χ3n) is 1.88. The lowest BCUT2D eigenvalue weighted by Gasteiger charge is -2.07. The van der Waals surface area contributed by atoms with Crippen molar-refractivity contribution in [3.8, 4) is 0 Å². The van der Waals surface area contributed by atoms with E-state index in [1.807, 2.05) is 13.8 Å². The van der Waals surface area contributed by atoms with Crippen LogP contribution < -0.4 is 0 Å². The van der Waals surface area contributed by atoms with E-state index in [1.54, 1.807) is 0 Å². The first-order chi connectivity index (χ1) is 8.81. The molecule has 18 heavy (non-hydrogen) atoms. The van der Waals surface area contributed by atoms with Gasteiger partial charge in [-0.3, -0.25) is 0 Å². The highest BCUT2D eigenvalue weighted by Gasteiger charge is 2.02. The Labute approximate surface area is 108 Å². The normalized spacial score (nSPS) is 10.3. The zero-order chi connectivity index (χ0) is 13.5. The predicted molar refractivity (Wildman–Crippen MR) is 65.7 cm³/mol. The second-order valence-corrected chi connectivity index (χ2v) is 3.31. The van der Waals surface area contributed by atoms with E-state index < -0.39 is 6.16 Å². The molecule has 0 rings (SSSR count). The number of hydrogen-bond acceptors (Lipinski definition) is 6. The molecular formula is C12H24O6. The van der Waals surface area contributed by atoms with Gasteiger partial charge in [-0.05, 0) is 13.8 Å². The molecule has 0 aliphatic heterocycles. The molecule has 0 aliphatic carbocycles. The van der Waals surface area contributed by atoms with Crippen molar-refractivity contribution >= 4 is 6.16 Å². The average molecular weight is 264 g/mol. The molecule has 0 aromatic heterocycles. The van der Waals surface area contributed by atoms with E-state index in [9.17, 15) is 4.79 Å². The van der Waals surface area contributed by atoms with Crippen LogP contribution in [0.4, 0.5) is 4.79 Å². The highest BCUT2D eigenvalue weighted by atomic mass is 16.7. The zero-order valence-electron chi connectivity index (χ0n) is 11.3. The Morgan fingerprint density at radius 1 is 0.722 bits per heavy atom. The van der Waals surface area contributed by atoms with Crippen LogP contribution in [0.3, 0.4) is 0 Å². The lowest BCUT2D eigenvalue weighted by atomic mass is 10.5. The highest BCUT2D eigenvalue weighted by Crippen LogP contribution is 1.90. The molecule has 0 aromatic rings. The fourth-order valence-electron chi connectivity index (χ4n) is 1.05.